The fraction of sp³-hybridized carbons (Fsp3) is 0.474. The number of carbonyl (C=O) groups excluding carboxylic acids is 4. The van der Waals surface area contributed by atoms with Crippen molar-refractivity contribution in [3.05, 3.63) is 29.8 Å². The van der Waals surface area contributed by atoms with Crippen LogP contribution in [0.3, 0.4) is 0 Å². The monoisotopic (exact) mass is 372 g/mol. The minimum absolute atomic E-state index is 0.225. The Morgan fingerprint density at radius 1 is 1.07 bits per heavy atom. The minimum atomic E-state index is -0.919. The number of nitrogens with zero attached hydrogens (tertiary/aromatic N) is 3. The zero-order chi connectivity index (χ0) is 19.6. The molecule has 0 bridgehead atoms. The zero-order valence-electron chi connectivity index (χ0n) is 15.6. The molecule has 1 N–H and O–H groups in total. The van der Waals surface area contributed by atoms with Crippen molar-refractivity contribution in [2.45, 2.75) is 38.3 Å². The van der Waals surface area contributed by atoms with E-state index in [1.807, 2.05) is 43.3 Å². The van der Waals surface area contributed by atoms with Crippen LogP contribution in [0.4, 0.5) is 10.5 Å². The van der Waals surface area contributed by atoms with Crippen LogP contribution in [0, 0.1) is 0 Å². The number of imide groups is 2. The van der Waals surface area contributed by atoms with Gasteiger partial charge in [-0.1, -0.05) is 25.0 Å². The van der Waals surface area contributed by atoms with Crippen LogP contribution < -0.4 is 10.2 Å². The Morgan fingerprint density at radius 3 is 2.30 bits per heavy atom. The summed E-state index contributed by atoms with van der Waals surface area (Å²) in [6.07, 6.45) is 3.30. The van der Waals surface area contributed by atoms with Crippen LogP contribution in [0.5, 0.6) is 0 Å². The molecule has 1 aromatic carbocycles. The van der Waals surface area contributed by atoms with E-state index in [1.54, 1.807) is 0 Å². The van der Waals surface area contributed by atoms with Crippen LogP contribution in [-0.2, 0) is 20.9 Å². The molecule has 1 aliphatic heterocycles. The van der Waals surface area contributed by atoms with Gasteiger partial charge in [-0.15, -0.1) is 0 Å². The van der Waals surface area contributed by atoms with Gasteiger partial charge in [0.2, 0.25) is 5.91 Å². The van der Waals surface area contributed by atoms with Crippen LogP contribution in [0.15, 0.2) is 24.3 Å². The average Bonchev–Trinajstić information content (AvgIpc) is 3.24. The molecular weight excluding hydrogens is 348 g/mol. The van der Waals surface area contributed by atoms with Crippen molar-refractivity contribution in [1.82, 2.24) is 15.1 Å². The quantitative estimate of drug-likeness (QED) is 0.597. The first kappa shape index (κ1) is 18.9. The second kappa shape index (κ2) is 7.77. The van der Waals surface area contributed by atoms with Crippen LogP contribution in [0.1, 0.15) is 31.2 Å². The molecule has 1 heterocycles. The van der Waals surface area contributed by atoms with Crippen LogP contribution in [0.2, 0.25) is 0 Å². The standard InChI is InChI=1S/C19H24N4O4/c1-21(2)14-9-7-13(8-10-14)11-20-16(24)12-22-17(25)18(26)23(19(22)27)15-5-3-4-6-15/h7-10,15H,3-6,11-12H2,1-2H3,(H,20,24). The van der Waals surface area contributed by atoms with E-state index in [-0.39, 0.29) is 12.6 Å². The second-order valence-electron chi connectivity index (χ2n) is 7.12. The van der Waals surface area contributed by atoms with E-state index in [9.17, 15) is 19.2 Å². The van der Waals surface area contributed by atoms with Gasteiger partial charge in [-0.2, -0.15) is 0 Å². The molecule has 1 saturated carbocycles. The Hall–Kier alpha value is -2.90. The predicted molar refractivity (Wildman–Crippen MR) is 98.8 cm³/mol. The first-order valence-corrected chi connectivity index (χ1v) is 9.10. The minimum Gasteiger partial charge on any atom is -0.378 e. The number of amides is 5. The number of anilines is 1. The van der Waals surface area contributed by atoms with E-state index in [1.165, 1.54) is 0 Å². The lowest BCUT2D eigenvalue weighted by atomic mass is 10.2. The third-order valence-electron chi connectivity index (χ3n) is 5.02. The van der Waals surface area contributed by atoms with E-state index in [4.69, 9.17) is 0 Å². The molecule has 5 amide bonds. The first-order chi connectivity index (χ1) is 12.9. The molecule has 1 aliphatic carbocycles. The molecule has 0 unspecified atom stereocenters. The maximum absolute atomic E-state index is 12.4. The lowest BCUT2D eigenvalue weighted by Crippen LogP contribution is -2.43. The Balaban J connectivity index is 1.56. The molecule has 0 radical (unpaired) electrons. The number of hydrogen-bond donors (Lipinski definition) is 1. The summed E-state index contributed by atoms with van der Waals surface area (Å²) in [6.45, 7) is -0.161. The number of benzene rings is 1. The summed E-state index contributed by atoms with van der Waals surface area (Å²) in [5.74, 6) is -2.22. The van der Waals surface area contributed by atoms with Crippen LogP contribution in [0.25, 0.3) is 0 Å². The molecule has 1 aromatic rings. The van der Waals surface area contributed by atoms with Crippen molar-refractivity contribution in [3.8, 4) is 0 Å². The highest BCUT2D eigenvalue weighted by Gasteiger charge is 2.48. The summed E-state index contributed by atoms with van der Waals surface area (Å²) >= 11 is 0. The second-order valence-corrected chi connectivity index (χ2v) is 7.12. The molecule has 0 aromatic heterocycles. The van der Waals surface area contributed by atoms with Gasteiger partial charge >= 0.3 is 17.8 Å². The molecule has 2 aliphatic rings. The normalized spacial score (nSPS) is 17.8. The number of hydrogen-bond acceptors (Lipinski definition) is 5. The van der Waals surface area contributed by atoms with E-state index >= 15 is 0 Å². The van der Waals surface area contributed by atoms with Gasteiger partial charge in [0.15, 0.2) is 0 Å². The SMILES string of the molecule is CN(C)c1ccc(CNC(=O)CN2C(=O)C(=O)N(C3CCCC3)C2=O)cc1. The highest BCUT2D eigenvalue weighted by Crippen LogP contribution is 2.27. The van der Waals surface area contributed by atoms with Gasteiger partial charge in [-0.3, -0.25) is 19.3 Å². The smallest absolute Gasteiger partial charge is 0.334 e. The number of rotatable bonds is 6. The van der Waals surface area contributed by atoms with E-state index < -0.39 is 30.3 Å². The van der Waals surface area contributed by atoms with Crippen molar-refractivity contribution in [2.24, 2.45) is 0 Å². The molecule has 8 heteroatoms. The highest BCUT2D eigenvalue weighted by atomic mass is 16.2. The van der Waals surface area contributed by atoms with Gasteiger partial charge < -0.3 is 10.2 Å². The molecular formula is C19H24N4O4. The van der Waals surface area contributed by atoms with Gasteiger partial charge in [0.25, 0.3) is 0 Å². The molecule has 0 spiro atoms. The van der Waals surface area contributed by atoms with Crippen molar-refractivity contribution < 1.29 is 19.2 Å². The summed E-state index contributed by atoms with van der Waals surface area (Å²) in [7, 11) is 3.88. The summed E-state index contributed by atoms with van der Waals surface area (Å²) in [6, 6.07) is 6.76. The predicted octanol–water partition coefficient (Wildman–Crippen LogP) is 1.10. The summed E-state index contributed by atoms with van der Waals surface area (Å²) in [5, 5.41) is 2.69. The first-order valence-electron chi connectivity index (χ1n) is 9.10. The largest absolute Gasteiger partial charge is 0.378 e. The topological polar surface area (TPSA) is 90.0 Å². The number of urea groups is 1. The molecule has 2 fully saturated rings. The Kier molecular flexibility index (Phi) is 5.43. The molecule has 1 saturated heterocycles. The lowest BCUT2D eigenvalue weighted by molar-refractivity contribution is -0.144. The fourth-order valence-corrected chi connectivity index (χ4v) is 3.46. The Bertz CT molecular complexity index is 753. The summed E-state index contributed by atoms with van der Waals surface area (Å²) in [4.78, 5) is 52.6. The average molecular weight is 372 g/mol. The van der Waals surface area contributed by atoms with Gasteiger partial charge in [-0.25, -0.2) is 9.69 Å². The lowest BCUT2D eigenvalue weighted by Gasteiger charge is -2.20. The molecule has 144 valence electrons. The molecule has 27 heavy (non-hydrogen) atoms. The number of carbonyl (C=O) groups is 4. The summed E-state index contributed by atoms with van der Waals surface area (Å²) in [5.41, 5.74) is 1.94. The van der Waals surface area contributed by atoms with Crippen molar-refractivity contribution in [3.63, 3.8) is 0 Å². The van der Waals surface area contributed by atoms with Gasteiger partial charge in [-0.05, 0) is 30.5 Å². The van der Waals surface area contributed by atoms with Gasteiger partial charge in [0, 0.05) is 32.4 Å². The van der Waals surface area contributed by atoms with Crippen LogP contribution in [-0.4, -0.2) is 60.2 Å². The molecule has 0 atom stereocenters. The maximum Gasteiger partial charge on any atom is 0.334 e. The van der Waals surface area contributed by atoms with Gasteiger partial charge in [0.05, 0.1) is 0 Å². The third kappa shape index (κ3) is 3.94. The zero-order valence-corrected chi connectivity index (χ0v) is 15.6. The van der Waals surface area contributed by atoms with Crippen LogP contribution >= 0.6 is 0 Å². The van der Waals surface area contributed by atoms with E-state index in [0.717, 1.165) is 33.9 Å². The molecule has 3 rings (SSSR count). The highest BCUT2D eigenvalue weighted by molar-refractivity contribution is 6.45. The van der Waals surface area contributed by atoms with Gasteiger partial charge in [0.1, 0.15) is 6.54 Å². The van der Waals surface area contributed by atoms with Crippen molar-refractivity contribution >= 4 is 29.4 Å². The van der Waals surface area contributed by atoms with E-state index in [2.05, 4.69) is 5.32 Å². The Morgan fingerprint density at radius 2 is 1.70 bits per heavy atom. The van der Waals surface area contributed by atoms with Crippen molar-refractivity contribution in [2.75, 3.05) is 25.5 Å². The number of nitrogens with one attached hydrogen (secondary N) is 1. The maximum atomic E-state index is 12.4. The van der Waals surface area contributed by atoms with E-state index in [0.29, 0.717) is 12.8 Å². The third-order valence-corrected chi connectivity index (χ3v) is 5.02. The fourth-order valence-electron chi connectivity index (χ4n) is 3.46. The summed E-state index contributed by atoms with van der Waals surface area (Å²) < 4.78 is 0. The molecule has 8 nitrogen and oxygen atoms in total. The van der Waals surface area contributed by atoms with Crippen molar-refractivity contribution in [1.29, 1.82) is 0 Å². The Labute approximate surface area is 158 Å².